The summed E-state index contributed by atoms with van der Waals surface area (Å²) in [6.45, 7) is 2.31. The number of aromatic amines is 1. The van der Waals surface area contributed by atoms with E-state index in [0.29, 0.717) is 5.92 Å². The Hall–Kier alpha value is -1.48. The fourth-order valence-corrected chi connectivity index (χ4v) is 4.13. The highest BCUT2D eigenvalue weighted by Crippen LogP contribution is 2.43. The van der Waals surface area contributed by atoms with Gasteiger partial charge in [0, 0.05) is 17.1 Å². The first-order valence-corrected chi connectivity index (χ1v) is 8.49. The van der Waals surface area contributed by atoms with Crippen LogP contribution in [-0.4, -0.2) is 12.1 Å². The molecule has 1 aliphatic rings. The second-order valence-corrected chi connectivity index (χ2v) is 6.42. The predicted octanol–water partition coefficient (Wildman–Crippen LogP) is 5.80. The van der Waals surface area contributed by atoms with E-state index >= 15 is 0 Å². The largest absolute Gasteiger partial charge is 0.496 e. The van der Waals surface area contributed by atoms with Crippen LogP contribution in [0.25, 0.3) is 10.9 Å². The van der Waals surface area contributed by atoms with Crippen LogP contribution in [0, 0.1) is 5.92 Å². The van der Waals surface area contributed by atoms with Crippen LogP contribution in [0.1, 0.15) is 63.4 Å². The highest BCUT2D eigenvalue weighted by molar-refractivity contribution is 5.89. The fraction of sp³-hybridized carbons (Fsp3) is 0.579. The van der Waals surface area contributed by atoms with E-state index in [-0.39, 0.29) is 6.15 Å². The van der Waals surface area contributed by atoms with Gasteiger partial charge >= 0.3 is 0 Å². The van der Waals surface area contributed by atoms with E-state index in [0.717, 1.165) is 11.7 Å². The van der Waals surface area contributed by atoms with Crippen LogP contribution in [0.5, 0.6) is 5.75 Å². The summed E-state index contributed by atoms with van der Waals surface area (Å²) in [5, 5.41) is 1.31. The molecule has 3 nitrogen and oxygen atoms in total. The van der Waals surface area contributed by atoms with E-state index < -0.39 is 0 Å². The van der Waals surface area contributed by atoms with E-state index in [4.69, 9.17) is 4.74 Å². The average Bonchev–Trinajstić information content (AvgIpc) is 2.97. The molecule has 0 radical (unpaired) electrons. The lowest BCUT2D eigenvalue weighted by Crippen LogP contribution is -2.16. The Morgan fingerprint density at radius 2 is 2.00 bits per heavy atom. The Labute approximate surface area is 134 Å². The first-order valence-electron chi connectivity index (χ1n) is 8.49. The summed E-state index contributed by atoms with van der Waals surface area (Å²) < 4.78 is 5.62. The molecule has 1 fully saturated rings. The molecule has 2 aromatic rings. The smallest absolute Gasteiger partial charge is 0.128 e. The zero-order chi connectivity index (χ0) is 14.7. The first-order chi connectivity index (χ1) is 10.3. The molecule has 122 valence electrons. The number of ether oxygens (including phenoxy) is 1. The molecule has 0 spiro atoms. The maximum Gasteiger partial charge on any atom is 0.128 e. The van der Waals surface area contributed by atoms with Crippen LogP contribution in [0.4, 0.5) is 0 Å². The summed E-state index contributed by atoms with van der Waals surface area (Å²) >= 11 is 0. The zero-order valence-electron chi connectivity index (χ0n) is 14.0. The molecule has 1 unspecified atom stereocenters. The van der Waals surface area contributed by atoms with Crippen molar-refractivity contribution in [3.63, 3.8) is 0 Å². The average molecular weight is 302 g/mol. The van der Waals surface area contributed by atoms with Crippen LogP contribution in [0.15, 0.2) is 24.4 Å². The number of benzene rings is 1. The van der Waals surface area contributed by atoms with Crippen LogP contribution in [0.3, 0.4) is 0 Å². The summed E-state index contributed by atoms with van der Waals surface area (Å²) in [7, 11) is 1.78. The second-order valence-electron chi connectivity index (χ2n) is 6.42. The van der Waals surface area contributed by atoms with E-state index in [2.05, 4.69) is 36.3 Å². The van der Waals surface area contributed by atoms with Gasteiger partial charge in [-0.25, -0.2) is 0 Å². The van der Waals surface area contributed by atoms with E-state index in [1.807, 2.05) is 0 Å². The highest BCUT2D eigenvalue weighted by Gasteiger charge is 2.27. The molecule has 0 bridgehead atoms. The SMILES string of the molecule is CCCC(c1c[nH]c2cccc(OC)c12)C1CCCCC1.N. The Bertz CT molecular complexity index is 584. The van der Waals surface area contributed by atoms with Crippen LogP contribution >= 0.6 is 0 Å². The van der Waals surface area contributed by atoms with Gasteiger partial charge in [0.05, 0.1) is 7.11 Å². The molecular weight excluding hydrogens is 272 g/mol. The molecule has 3 heteroatoms. The van der Waals surface area contributed by atoms with Crippen molar-refractivity contribution >= 4 is 10.9 Å². The lowest BCUT2D eigenvalue weighted by atomic mass is 9.75. The molecule has 0 aliphatic heterocycles. The monoisotopic (exact) mass is 302 g/mol. The molecule has 1 aromatic heterocycles. The van der Waals surface area contributed by atoms with Gasteiger partial charge in [0.15, 0.2) is 0 Å². The molecule has 0 amide bonds. The summed E-state index contributed by atoms with van der Waals surface area (Å²) in [5.74, 6) is 2.55. The van der Waals surface area contributed by atoms with Crippen molar-refractivity contribution < 1.29 is 4.74 Å². The molecule has 1 heterocycles. The Morgan fingerprint density at radius 1 is 1.23 bits per heavy atom. The summed E-state index contributed by atoms with van der Waals surface area (Å²) in [6.07, 6.45) is 11.8. The lowest BCUT2D eigenvalue weighted by Gasteiger charge is -2.30. The van der Waals surface area contributed by atoms with Gasteiger partial charge in [0.2, 0.25) is 0 Å². The third-order valence-corrected chi connectivity index (χ3v) is 5.14. The van der Waals surface area contributed by atoms with Crippen LogP contribution < -0.4 is 10.9 Å². The van der Waals surface area contributed by atoms with Crippen LogP contribution in [-0.2, 0) is 0 Å². The molecular formula is C19H30N2O. The summed E-state index contributed by atoms with van der Waals surface area (Å²) in [5.41, 5.74) is 2.69. The normalized spacial score (nSPS) is 17.2. The van der Waals surface area contributed by atoms with Crippen LogP contribution in [0.2, 0.25) is 0 Å². The maximum atomic E-state index is 5.62. The lowest BCUT2D eigenvalue weighted by molar-refractivity contribution is 0.293. The Balaban J connectivity index is 0.00000176. The van der Waals surface area contributed by atoms with E-state index in [1.54, 1.807) is 7.11 Å². The number of hydrogen-bond acceptors (Lipinski definition) is 2. The number of H-pyrrole nitrogens is 1. The molecule has 1 atom stereocenters. The number of nitrogens with one attached hydrogen (secondary N) is 1. The number of methoxy groups -OCH3 is 1. The Morgan fingerprint density at radius 3 is 2.68 bits per heavy atom. The van der Waals surface area contributed by atoms with Crippen molar-refractivity contribution in [2.45, 2.75) is 57.8 Å². The number of hydrogen-bond donors (Lipinski definition) is 2. The minimum absolute atomic E-state index is 0. The van der Waals surface area contributed by atoms with Crippen molar-refractivity contribution in [1.29, 1.82) is 0 Å². The number of rotatable bonds is 5. The van der Waals surface area contributed by atoms with Gasteiger partial charge in [-0.15, -0.1) is 0 Å². The molecule has 1 aliphatic carbocycles. The minimum atomic E-state index is 0. The third-order valence-electron chi connectivity index (χ3n) is 5.14. The fourth-order valence-electron chi connectivity index (χ4n) is 4.13. The minimum Gasteiger partial charge on any atom is -0.496 e. The highest BCUT2D eigenvalue weighted by atomic mass is 16.5. The van der Waals surface area contributed by atoms with Crippen molar-refractivity contribution in [2.24, 2.45) is 5.92 Å². The van der Waals surface area contributed by atoms with Gasteiger partial charge in [0.25, 0.3) is 0 Å². The van der Waals surface area contributed by atoms with Crippen molar-refractivity contribution in [1.82, 2.24) is 11.1 Å². The molecule has 1 aromatic carbocycles. The Kier molecular flexibility index (Phi) is 5.90. The number of fused-ring (bicyclic) bond motifs is 1. The number of aromatic nitrogens is 1. The maximum absolute atomic E-state index is 5.62. The summed E-state index contributed by atoms with van der Waals surface area (Å²) in [6, 6.07) is 6.31. The third kappa shape index (κ3) is 3.14. The molecule has 1 saturated carbocycles. The summed E-state index contributed by atoms with van der Waals surface area (Å²) in [4.78, 5) is 3.46. The topological polar surface area (TPSA) is 60.0 Å². The van der Waals surface area contributed by atoms with Gasteiger partial charge < -0.3 is 15.9 Å². The standard InChI is InChI=1S/C19H27NO.H3N/c1-3-8-15(14-9-5-4-6-10-14)16-13-20-17-11-7-12-18(21-2)19(16)17;/h7,11-15,20H,3-6,8-10H2,1-2H3;1H3. The van der Waals surface area contributed by atoms with Crippen molar-refractivity contribution in [2.75, 3.05) is 7.11 Å². The van der Waals surface area contributed by atoms with Gasteiger partial charge in [-0.2, -0.15) is 0 Å². The second kappa shape index (κ2) is 7.68. The van der Waals surface area contributed by atoms with E-state index in [1.165, 1.54) is 61.4 Å². The predicted molar refractivity (Wildman–Crippen MR) is 94.1 cm³/mol. The van der Waals surface area contributed by atoms with Crippen molar-refractivity contribution in [3.8, 4) is 5.75 Å². The zero-order valence-corrected chi connectivity index (χ0v) is 14.0. The van der Waals surface area contributed by atoms with E-state index in [9.17, 15) is 0 Å². The van der Waals surface area contributed by atoms with Gasteiger partial charge in [-0.1, -0.05) is 38.7 Å². The molecule has 22 heavy (non-hydrogen) atoms. The molecule has 0 saturated heterocycles. The van der Waals surface area contributed by atoms with Gasteiger partial charge in [0.1, 0.15) is 5.75 Å². The van der Waals surface area contributed by atoms with Crippen molar-refractivity contribution in [3.05, 3.63) is 30.0 Å². The van der Waals surface area contributed by atoms with Gasteiger partial charge in [-0.3, -0.25) is 0 Å². The molecule has 4 N–H and O–H groups in total. The van der Waals surface area contributed by atoms with Gasteiger partial charge in [-0.05, 0) is 48.8 Å². The molecule has 3 rings (SSSR count). The first kappa shape index (κ1) is 16.9. The quantitative estimate of drug-likeness (QED) is 0.733.